The highest BCUT2D eigenvalue weighted by atomic mass is 19.2. The van der Waals surface area contributed by atoms with E-state index in [9.17, 15) is 8.78 Å². The molecule has 3 aromatic rings. The molecule has 1 aromatic heterocycles. The molecular weight excluding hydrogens is 468 g/mol. The first-order valence-corrected chi connectivity index (χ1v) is 13.8. The summed E-state index contributed by atoms with van der Waals surface area (Å²) in [7, 11) is 4.10. The van der Waals surface area contributed by atoms with Crippen LogP contribution in [0.15, 0.2) is 42.5 Å². The second-order valence-electron chi connectivity index (χ2n) is 11.7. The maximum Gasteiger partial charge on any atom is 0.159 e. The zero-order chi connectivity index (χ0) is 25.6. The van der Waals surface area contributed by atoms with Gasteiger partial charge in [0.25, 0.3) is 0 Å². The van der Waals surface area contributed by atoms with Gasteiger partial charge in [-0.3, -0.25) is 0 Å². The SMILES string of the molecule is CN(C)c1nc(C2NC2C2CC23CCC(CNCCCc2ccc(F)c(F)c2)CC3)nc2ccccc12. The lowest BCUT2D eigenvalue weighted by Gasteiger charge is -2.30. The first-order valence-electron chi connectivity index (χ1n) is 13.8. The van der Waals surface area contributed by atoms with E-state index in [-0.39, 0.29) is 6.04 Å². The van der Waals surface area contributed by atoms with Gasteiger partial charge in [0.15, 0.2) is 11.6 Å². The highest BCUT2D eigenvalue weighted by molar-refractivity contribution is 5.89. The van der Waals surface area contributed by atoms with Gasteiger partial charge < -0.3 is 15.5 Å². The van der Waals surface area contributed by atoms with Gasteiger partial charge in [-0.2, -0.15) is 0 Å². The van der Waals surface area contributed by atoms with Crippen LogP contribution in [0.4, 0.5) is 14.6 Å². The van der Waals surface area contributed by atoms with Crippen LogP contribution in [0, 0.1) is 28.9 Å². The Morgan fingerprint density at radius 3 is 2.65 bits per heavy atom. The Morgan fingerprint density at radius 2 is 1.86 bits per heavy atom. The molecule has 2 N–H and O–H groups in total. The molecule has 0 amide bonds. The summed E-state index contributed by atoms with van der Waals surface area (Å²) >= 11 is 0. The maximum absolute atomic E-state index is 13.4. The van der Waals surface area contributed by atoms with Gasteiger partial charge in [0, 0.05) is 25.5 Å². The molecule has 1 spiro atoms. The van der Waals surface area contributed by atoms with Crippen LogP contribution in [-0.2, 0) is 6.42 Å². The quantitative estimate of drug-likeness (QED) is 0.301. The summed E-state index contributed by atoms with van der Waals surface area (Å²) in [5.74, 6) is 1.90. The molecule has 1 saturated heterocycles. The lowest BCUT2D eigenvalue weighted by atomic mass is 9.78. The summed E-state index contributed by atoms with van der Waals surface area (Å²) in [6, 6.07) is 13.3. The Hall–Kier alpha value is -2.64. The minimum Gasteiger partial charge on any atom is -0.362 e. The first kappa shape index (κ1) is 24.7. The van der Waals surface area contributed by atoms with E-state index >= 15 is 0 Å². The summed E-state index contributed by atoms with van der Waals surface area (Å²) < 4.78 is 26.4. The zero-order valence-electron chi connectivity index (χ0n) is 21.8. The number of nitrogens with zero attached hydrogens (tertiary/aromatic N) is 3. The number of halogens is 2. The average molecular weight is 506 g/mol. The second-order valence-corrected chi connectivity index (χ2v) is 11.7. The van der Waals surface area contributed by atoms with Crippen molar-refractivity contribution in [3.05, 3.63) is 65.5 Å². The molecule has 37 heavy (non-hydrogen) atoms. The fourth-order valence-corrected chi connectivity index (χ4v) is 6.63. The number of rotatable bonds is 9. The van der Waals surface area contributed by atoms with Gasteiger partial charge in [0.2, 0.25) is 0 Å². The second kappa shape index (κ2) is 9.91. The van der Waals surface area contributed by atoms with Gasteiger partial charge in [-0.1, -0.05) is 18.2 Å². The molecule has 3 unspecified atom stereocenters. The Bertz CT molecular complexity index is 1270. The number of hydrogen-bond donors (Lipinski definition) is 2. The van der Waals surface area contributed by atoms with E-state index in [1.165, 1.54) is 44.2 Å². The summed E-state index contributed by atoms with van der Waals surface area (Å²) in [6.07, 6.45) is 8.28. The fraction of sp³-hybridized carbons (Fsp3) is 0.533. The van der Waals surface area contributed by atoms with Crippen molar-refractivity contribution in [3.8, 4) is 0 Å². The van der Waals surface area contributed by atoms with Gasteiger partial charge in [-0.25, -0.2) is 18.7 Å². The molecule has 3 fully saturated rings. The number of aromatic nitrogens is 2. The van der Waals surface area contributed by atoms with Gasteiger partial charge in [0.1, 0.15) is 11.6 Å². The van der Waals surface area contributed by atoms with Crippen molar-refractivity contribution < 1.29 is 8.78 Å². The molecule has 0 radical (unpaired) electrons. The molecule has 196 valence electrons. The highest BCUT2D eigenvalue weighted by Gasteiger charge is 2.64. The number of fused-ring (bicyclic) bond motifs is 1. The smallest absolute Gasteiger partial charge is 0.159 e. The largest absolute Gasteiger partial charge is 0.362 e. The van der Waals surface area contributed by atoms with E-state index in [2.05, 4.69) is 27.7 Å². The van der Waals surface area contributed by atoms with E-state index in [1.54, 1.807) is 6.07 Å². The van der Waals surface area contributed by atoms with Crippen LogP contribution in [-0.4, -0.2) is 43.2 Å². The minimum absolute atomic E-state index is 0.279. The number of hydrogen-bond acceptors (Lipinski definition) is 5. The summed E-state index contributed by atoms with van der Waals surface area (Å²) in [6.45, 7) is 1.97. The number of aryl methyl sites for hydroxylation is 1. The zero-order valence-corrected chi connectivity index (χ0v) is 21.8. The summed E-state index contributed by atoms with van der Waals surface area (Å²) in [5, 5.41) is 8.44. The Labute approximate surface area is 218 Å². The van der Waals surface area contributed by atoms with Crippen LogP contribution >= 0.6 is 0 Å². The molecule has 3 aliphatic rings. The molecule has 2 heterocycles. The first-order chi connectivity index (χ1) is 17.9. The molecule has 5 nitrogen and oxygen atoms in total. The fourth-order valence-electron chi connectivity index (χ4n) is 6.63. The summed E-state index contributed by atoms with van der Waals surface area (Å²) in [4.78, 5) is 12.0. The lowest BCUT2D eigenvalue weighted by Crippen LogP contribution is -2.28. The topological polar surface area (TPSA) is 63.0 Å². The Morgan fingerprint density at radius 1 is 1.05 bits per heavy atom. The van der Waals surface area contributed by atoms with Crippen LogP contribution in [0.2, 0.25) is 0 Å². The maximum atomic E-state index is 13.4. The van der Waals surface area contributed by atoms with Crippen LogP contribution in [0.25, 0.3) is 10.9 Å². The van der Waals surface area contributed by atoms with Crippen LogP contribution in [0.3, 0.4) is 0 Å². The number of anilines is 1. The molecule has 3 atom stereocenters. The minimum atomic E-state index is -0.775. The Kier molecular flexibility index (Phi) is 6.61. The van der Waals surface area contributed by atoms with Crippen molar-refractivity contribution in [2.75, 3.05) is 32.1 Å². The van der Waals surface area contributed by atoms with Crippen LogP contribution in [0.5, 0.6) is 0 Å². The third-order valence-electron chi connectivity index (χ3n) is 8.95. The van der Waals surface area contributed by atoms with Crippen molar-refractivity contribution in [2.24, 2.45) is 17.3 Å². The molecule has 1 aliphatic heterocycles. The van der Waals surface area contributed by atoms with E-state index < -0.39 is 11.6 Å². The predicted molar refractivity (Wildman–Crippen MR) is 144 cm³/mol. The van der Waals surface area contributed by atoms with Gasteiger partial charge in [-0.05, 0) is 105 Å². The predicted octanol–water partition coefficient (Wildman–Crippen LogP) is 5.41. The monoisotopic (exact) mass is 505 g/mol. The Balaban J connectivity index is 0.957. The van der Waals surface area contributed by atoms with Crippen molar-refractivity contribution in [3.63, 3.8) is 0 Å². The summed E-state index contributed by atoms with van der Waals surface area (Å²) in [5.41, 5.74) is 2.41. The molecule has 2 aliphatic carbocycles. The van der Waals surface area contributed by atoms with Crippen molar-refractivity contribution in [1.82, 2.24) is 20.6 Å². The molecule has 7 heteroatoms. The molecule has 2 aromatic carbocycles. The number of nitrogens with one attached hydrogen (secondary N) is 2. The van der Waals surface area contributed by atoms with E-state index in [1.807, 2.05) is 26.2 Å². The third-order valence-corrected chi connectivity index (χ3v) is 8.95. The standard InChI is InChI=1S/C30H37F2N5/c1-37(2)29-21-7-3-4-8-25(21)34-28(36-29)27-26(35-27)22-17-30(22)13-11-20(12-14-30)18-33-15-5-6-19-9-10-23(31)24(32)16-19/h3-4,7-10,16,20,22,26-27,33,35H,5-6,11-15,17-18H2,1-2H3. The molecule has 6 rings (SSSR count). The van der Waals surface area contributed by atoms with Crippen LogP contribution in [0.1, 0.15) is 56.0 Å². The normalized spacial score (nSPS) is 28.5. The molecule has 0 bridgehead atoms. The number of benzene rings is 2. The van der Waals surface area contributed by atoms with E-state index in [0.717, 1.165) is 65.9 Å². The van der Waals surface area contributed by atoms with Crippen LogP contribution < -0.4 is 15.5 Å². The molecular formula is C30H37F2N5. The van der Waals surface area contributed by atoms with Crippen molar-refractivity contribution >= 4 is 16.7 Å². The average Bonchev–Trinajstić information content (AvgIpc) is 3.82. The lowest BCUT2D eigenvalue weighted by molar-refractivity contribution is 0.232. The van der Waals surface area contributed by atoms with Crippen molar-refractivity contribution in [2.45, 2.75) is 57.0 Å². The number of para-hydroxylation sites is 1. The van der Waals surface area contributed by atoms with Gasteiger partial charge in [-0.15, -0.1) is 0 Å². The van der Waals surface area contributed by atoms with E-state index in [0.29, 0.717) is 11.5 Å². The highest BCUT2D eigenvalue weighted by Crippen LogP contribution is 2.66. The third kappa shape index (κ3) is 5.08. The van der Waals surface area contributed by atoms with Gasteiger partial charge in [0.05, 0.1) is 11.6 Å². The molecule has 2 saturated carbocycles. The van der Waals surface area contributed by atoms with Crippen molar-refractivity contribution in [1.29, 1.82) is 0 Å². The van der Waals surface area contributed by atoms with E-state index in [4.69, 9.17) is 9.97 Å². The van der Waals surface area contributed by atoms with Gasteiger partial charge >= 0.3 is 0 Å².